The van der Waals surface area contributed by atoms with E-state index in [1.807, 2.05) is 158 Å². The zero-order chi connectivity index (χ0) is 85.1. The molecule has 0 radical (unpaired) electrons. The van der Waals surface area contributed by atoms with Gasteiger partial charge in [0.25, 0.3) is 23.6 Å². The number of rotatable bonds is 22. The topological polar surface area (TPSA) is 112 Å². The maximum atomic E-state index is 17.3. The van der Waals surface area contributed by atoms with E-state index >= 15 is 19.2 Å². The summed E-state index contributed by atoms with van der Waals surface area (Å²) in [6.45, 7) is 54.7. The van der Waals surface area contributed by atoms with E-state index in [4.69, 9.17) is 18.9 Å². The number of carbonyl (C=O) groups excluding carboxylic acids is 4. The Balaban J connectivity index is 1.22. The van der Waals surface area contributed by atoms with Crippen LogP contribution < -0.4 is 28.7 Å². The summed E-state index contributed by atoms with van der Waals surface area (Å²) >= 11 is 0. The summed E-state index contributed by atoms with van der Waals surface area (Å²) in [7, 11) is -9.95. The summed E-state index contributed by atoms with van der Waals surface area (Å²) < 4.78 is 29.7. The molecule has 0 aliphatic carbocycles. The third-order valence-electron chi connectivity index (χ3n) is 26.4. The standard InChI is InChI=1S/C104H114N2O8Si4/c1-63(2)115(64(3)4,65(5)6)55-51-75-39-37-40-76(52-56-116(66(7)8,67(9)10)68(11)12)99(75)105-101(107)83-59-87(111-79-43-29-25-30-44-79)93-95-89(113-81-47-33-27-34-48-81)61-85-92-86(62-90(114-82-49-35-28-36-50-82)96(98(92)95)94-88(112-80-45-31-26-32-46-80)60-84(102(105)108)91(83)97(93)94)104(110)106(103(85)109)100-77(53-57-117(69(13)14,70(15)16)71(17)18)41-38-42-78(100)54-58-118(72(19)20,73(21)22)74(23)24/h25-50,59-74H,1-24H3. The lowest BCUT2D eigenvalue weighted by atomic mass is 9.80. The van der Waals surface area contributed by atoms with E-state index in [-0.39, 0.29) is 112 Å². The molecule has 11 aromatic carbocycles. The normalized spacial score (nSPS) is 13.4. The van der Waals surface area contributed by atoms with Crippen LogP contribution in [0.2, 0.25) is 66.5 Å². The summed E-state index contributed by atoms with van der Waals surface area (Å²) in [5, 5.41) is 3.00. The predicted octanol–water partition coefficient (Wildman–Crippen LogP) is 28.8. The summed E-state index contributed by atoms with van der Waals surface area (Å²) in [4.78, 5) is 71.8. The molecule has 11 aromatic rings. The minimum Gasteiger partial charge on any atom is -0.457 e. The van der Waals surface area contributed by atoms with Crippen LogP contribution in [0.5, 0.6) is 46.0 Å². The number of amides is 4. The number of hydrogen-bond donors (Lipinski definition) is 0. The van der Waals surface area contributed by atoms with E-state index in [1.165, 1.54) is 9.80 Å². The molecule has 604 valence electrons. The molecular formula is C104H114N2O8Si4. The van der Waals surface area contributed by atoms with Crippen LogP contribution in [0, 0.1) is 45.9 Å². The first-order chi connectivity index (χ1) is 56.1. The zero-order valence-electron chi connectivity index (χ0n) is 73.4. The molecule has 0 saturated heterocycles. The van der Waals surface area contributed by atoms with E-state index in [9.17, 15) is 0 Å². The van der Waals surface area contributed by atoms with Gasteiger partial charge in [-0.1, -0.05) is 275 Å². The van der Waals surface area contributed by atoms with Crippen molar-refractivity contribution < 1.29 is 38.1 Å². The Morgan fingerprint density at radius 3 is 0.576 bits per heavy atom. The third kappa shape index (κ3) is 14.5. The molecule has 2 heterocycles. The summed E-state index contributed by atoms with van der Waals surface area (Å²) in [6.07, 6.45) is 0. The largest absolute Gasteiger partial charge is 0.457 e. The van der Waals surface area contributed by atoms with Crippen molar-refractivity contribution in [3.05, 3.63) is 226 Å². The zero-order valence-corrected chi connectivity index (χ0v) is 77.4. The van der Waals surface area contributed by atoms with Crippen LogP contribution in [0.1, 0.15) is 230 Å². The van der Waals surface area contributed by atoms with Crippen molar-refractivity contribution in [3.8, 4) is 91.9 Å². The van der Waals surface area contributed by atoms with Gasteiger partial charge in [-0.25, -0.2) is 9.80 Å². The number of anilines is 2. The first-order valence-corrected chi connectivity index (χ1v) is 51.5. The fraction of sp³-hybridized carbons (Fsp3) is 0.346. The van der Waals surface area contributed by atoms with Gasteiger partial charge in [0.05, 0.1) is 33.6 Å². The number of para-hydroxylation sites is 6. The van der Waals surface area contributed by atoms with E-state index in [0.717, 1.165) is 0 Å². The molecule has 0 N–H and O–H groups in total. The van der Waals surface area contributed by atoms with Gasteiger partial charge >= 0.3 is 0 Å². The van der Waals surface area contributed by atoms with E-state index in [0.29, 0.717) is 99.7 Å². The summed E-state index contributed by atoms with van der Waals surface area (Å²) in [5.41, 5.74) is 22.4. The molecule has 0 saturated carbocycles. The lowest BCUT2D eigenvalue weighted by Gasteiger charge is -2.38. The van der Waals surface area contributed by atoms with Crippen LogP contribution in [0.3, 0.4) is 0 Å². The molecule has 0 atom stereocenters. The number of imide groups is 2. The molecule has 4 amide bonds. The number of benzene rings is 11. The van der Waals surface area contributed by atoms with Crippen LogP contribution in [-0.2, 0) is 0 Å². The van der Waals surface area contributed by atoms with Crippen molar-refractivity contribution in [2.24, 2.45) is 0 Å². The smallest absolute Gasteiger partial charge is 0.266 e. The molecule has 0 aromatic heterocycles. The Labute approximate surface area is 704 Å². The maximum absolute atomic E-state index is 17.3. The van der Waals surface area contributed by atoms with E-state index < -0.39 is 55.9 Å². The minimum absolute atomic E-state index is 0.149. The van der Waals surface area contributed by atoms with E-state index in [1.54, 1.807) is 24.3 Å². The molecule has 118 heavy (non-hydrogen) atoms. The number of fused-ring (bicyclic) bond motifs is 2. The molecule has 0 unspecified atom stereocenters. The monoisotopic (exact) mass is 1630 g/mol. The van der Waals surface area contributed by atoms with Crippen LogP contribution in [0.15, 0.2) is 182 Å². The molecule has 2 aliphatic heterocycles. The molecule has 2 aliphatic rings. The number of carbonyl (C=O) groups is 4. The quantitative estimate of drug-likeness (QED) is 0.0217. The Kier molecular flexibility index (Phi) is 24.3. The highest BCUT2D eigenvalue weighted by Crippen LogP contribution is 2.59. The summed E-state index contributed by atoms with van der Waals surface area (Å²) in [6, 6.07) is 56.1. The van der Waals surface area contributed by atoms with E-state index in [2.05, 4.69) is 212 Å². The highest BCUT2D eigenvalue weighted by molar-refractivity contribution is 6.92. The van der Waals surface area contributed by atoms with Crippen molar-refractivity contribution in [2.45, 2.75) is 233 Å². The lowest BCUT2D eigenvalue weighted by molar-refractivity contribution is 0.0877. The van der Waals surface area contributed by atoms with Gasteiger partial charge in [-0.05, 0) is 164 Å². The highest BCUT2D eigenvalue weighted by Gasteiger charge is 2.49. The predicted molar refractivity (Wildman–Crippen MR) is 501 cm³/mol. The fourth-order valence-corrected chi connectivity index (χ4v) is 42.0. The SMILES string of the molecule is CC(C)[Si](C#Cc1cccc(C#C[Si](C(C)C)(C(C)C)C(C)C)c1N1C(=O)c2cc(Oc3ccccc3)c3c4c(Oc5ccccc5)cc5c6c(cc(Oc7ccccc7)c(c7c(Oc8ccccc8)cc(c2c37)C1=O)c64)C(=O)N(c1c(C#C[Si](C(C)C)(C(C)C)C(C)C)cccc1C#C[Si](C(C)C)(C(C)C)C(C)C)C5=O)(C(C)C)C(C)C. The maximum Gasteiger partial charge on any atom is 0.266 e. The van der Waals surface area contributed by atoms with Gasteiger partial charge in [-0.2, -0.15) is 0 Å². The average molecular weight is 1630 g/mol. The van der Waals surface area contributed by atoms with Gasteiger partial charge < -0.3 is 18.9 Å². The molecule has 0 spiro atoms. The molecule has 10 nitrogen and oxygen atoms in total. The first kappa shape index (κ1) is 85.2. The third-order valence-corrected chi connectivity index (χ3v) is 51.6. The van der Waals surface area contributed by atoms with Crippen molar-refractivity contribution in [1.82, 2.24) is 0 Å². The summed E-state index contributed by atoms with van der Waals surface area (Å²) in [5.74, 6) is 15.0. The average Bonchev–Trinajstić information content (AvgIpc) is 0.668. The minimum atomic E-state index is -2.49. The number of hydrogen-bond acceptors (Lipinski definition) is 8. The van der Waals surface area contributed by atoms with Crippen LogP contribution in [0.4, 0.5) is 11.4 Å². The highest BCUT2D eigenvalue weighted by atomic mass is 28.3. The molecule has 0 fully saturated rings. The van der Waals surface area contributed by atoms with Crippen molar-refractivity contribution in [2.75, 3.05) is 9.80 Å². The van der Waals surface area contributed by atoms with Gasteiger partial charge in [-0.15, -0.1) is 22.2 Å². The Morgan fingerprint density at radius 2 is 0.407 bits per heavy atom. The lowest BCUT2D eigenvalue weighted by Crippen LogP contribution is -2.43. The molecule has 0 bridgehead atoms. The van der Waals surface area contributed by atoms with Crippen LogP contribution in [-0.4, -0.2) is 55.9 Å². The van der Waals surface area contributed by atoms with Gasteiger partial charge in [0, 0.05) is 65.3 Å². The second-order valence-electron chi connectivity index (χ2n) is 36.2. The van der Waals surface area contributed by atoms with Crippen LogP contribution in [0.25, 0.3) is 43.1 Å². The van der Waals surface area contributed by atoms with Crippen molar-refractivity contribution in [3.63, 3.8) is 0 Å². The van der Waals surface area contributed by atoms with Gasteiger partial charge in [0.15, 0.2) is 0 Å². The fourth-order valence-electron chi connectivity index (χ4n) is 21.1. The Morgan fingerprint density at radius 1 is 0.229 bits per heavy atom. The molecule has 14 heteroatoms. The van der Waals surface area contributed by atoms with Gasteiger partial charge in [0.2, 0.25) is 0 Å². The Bertz CT molecular complexity index is 5210. The molecular weight excluding hydrogens is 1520 g/mol. The van der Waals surface area contributed by atoms with Gasteiger partial charge in [-0.3, -0.25) is 19.2 Å². The van der Waals surface area contributed by atoms with Crippen LogP contribution >= 0.6 is 0 Å². The Hall–Kier alpha value is -10.7. The van der Waals surface area contributed by atoms with Crippen molar-refractivity contribution >= 4 is 110 Å². The van der Waals surface area contributed by atoms with Crippen molar-refractivity contribution in [1.29, 1.82) is 0 Å². The first-order valence-electron chi connectivity index (χ1n) is 42.6. The molecule has 13 rings (SSSR count). The second kappa shape index (κ2) is 33.6. The number of ether oxygens (including phenoxy) is 4. The second-order valence-corrected chi connectivity index (χ2v) is 58.6. The number of nitrogens with zero attached hydrogens (tertiary/aromatic N) is 2. The van der Waals surface area contributed by atoms with Gasteiger partial charge in [0.1, 0.15) is 78.3 Å².